The van der Waals surface area contributed by atoms with E-state index >= 15 is 0 Å². The van der Waals surface area contributed by atoms with Gasteiger partial charge in [0.2, 0.25) is 0 Å². The predicted octanol–water partition coefficient (Wildman–Crippen LogP) is 5.19. The van der Waals surface area contributed by atoms with Crippen molar-refractivity contribution in [3.05, 3.63) is 54.1 Å². The summed E-state index contributed by atoms with van der Waals surface area (Å²) in [6, 6.07) is 13.0. The number of benzene rings is 2. The van der Waals surface area contributed by atoms with Gasteiger partial charge in [0.1, 0.15) is 0 Å². The molecule has 0 amide bonds. The molecule has 2 aromatic rings. The Morgan fingerprint density at radius 1 is 0.900 bits per heavy atom. The third-order valence-corrected chi connectivity index (χ3v) is 2.84. The van der Waals surface area contributed by atoms with Crippen molar-refractivity contribution in [1.82, 2.24) is 0 Å². The summed E-state index contributed by atoms with van der Waals surface area (Å²) in [5.41, 5.74) is 1.60. The molecule has 0 spiro atoms. The summed E-state index contributed by atoms with van der Waals surface area (Å²) in [6.07, 6.45) is -4.32. The molecule has 1 N–H and O–H groups in total. The van der Waals surface area contributed by atoms with Crippen molar-refractivity contribution in [1.29, 1.82) is 0 Å². The van der Waals surface area contributed by atoms with Gasteiger partial charge in [0.05, 0.1) is 5.56 Å². The predicted molar refractivity (Wildman–Crippen MR) is 75.6 cm³/mol. The van der Waals surface area contributed by atoms with Crippen molar-refractivity contribution in [2.75, 3.05) is 5.32 Å². The van der Waals surface area contributed by atoms with Crippen molar-refractivity contribution >= 4 is 5.69 Å². The highest BCUT2D eigenvalue weighted by Crippen LogP contribution is 2.32. The Balaban J connectivity index is 2.36. The van der Waals surface area contributed by atoms with E-state index in [1.54, 1.807) is 12.1 Å². The van der Waals surface area contributed by atoms with E-state index in [9.17, 15) is 13.2 Å². The van der Waals surface area contributed by atoms with E-state index in [2.05, 4.69) is 5.32 Å². The first-order valence-corrected chi connectivity index (χ1v) is 6.40. The standard InChI is InChI=1S/C16H16F3N/c1-11(2)20-15-8-4-6-13(10-15)12-5-3-7-14(9-12)16(17,18)19/h3-11,20H,1-2H3. The normalized spacial score (nSPS) is 11.7. The molecule has 0 radical (unpaired) electrons. The van der Waals surface area contributed by atoms with E-state index in [0.717, 1.165) is 17.3 Å². The molecule has 0 aliphatic rings. The van der Waals surface area contributed by atoms with Gasteiger partial charge in [-0.1, -0.05) is 24.3 Å². The first-order valence-electron chi connectivity index (χ1n) is 6.40. The molecule has 0 fully saturated rings. The highest BCUT2D eigenvalue weighted by Gasteiger charge is 2.30. The molecule has 0 aliphatic carbocycles. The molecule has 2 rings (SSSR count). The minimum absolute atomic E-state index is 0.270. The van der Waals surface area contributed by atoms with Crippen LogP contribution in [-0.4, -0.2) is 6.04 Å². The smallest absolute Gasteiger partial charge is 0.383 e. The highest BCUT2D eigenvalue weighted by molar-refractivity contribution is 5.68. The van der Waals surface area contributed by atoms with Crippen molar-refractivity contribution in [2.24, 2.45) is 0 Å². The van der Waals surface area contributed by atoms with Crippen LogP contribution in [0.5, 0.6) is 0 Å². The fourth-order valence-electron chi connectivity index (χ4n) is 2.00. The summed E-state index contributed by atoms with van der Waals surface area (Å²) in [5, 5.41) is 3.24. The minimum atomic E-state index is -4.32. The third-order valence-electron chi connectivity index (χ3n) is 2.84. The van der Waals surface area contributed by atoms with Gasteiger partial charge >= 0.3 is 6.18 Å². The number of alkyl halides is 3. The summed E-state index contributed by atoms with van der Waals surface area (Å²) < 4.78 is 38.2. The van der Waals surface area contributed by atoms with Crippen LogP contribution in [0.15, 0.2) is 48.5 Å². The van der Waals surface area contributed by atoms with Crippen LogP contribution in [0, 0.1) is 0 Å². The summed E-state index contributed by atoms with van der Waals surface area (Å²) in [5.74, 6) is 0. The SMILES string of the molecule is CC(C)Nc1cccc(-c2cccc(C(F)(F)F)c2)c1. The topological polar surface area (TPSA) is 12.0 Å². The van der Waals surface area contributed by atoms with Gasteiger partial charge in [0.15, 0.2) is 0 Å². The second-order valence-electron chi connectivity index (χ2n) is 4.96. The lowest BCUT2D eigenvalue weighted by molar-refractivity contribution is -0.137. The summed E-state index contributed by atoms with van der Waals surface area (Å²) >= 11 is 0. The Bertz CT molecular complexity index is 588. The lowest BCUT2D eigenvalue weighted by Crippen LogP contribution is -2.09. The summed E-state index contributed by atoms with van der Waals surface area (Å²) in [6.45, 7) is 4.02. The largest absolute Gasteiger partial charge is 0.416 e. The Morgan fingerprint density at radius 3 is 2.10 bits per heavy atom. The Morgan fingerprint density at radius 2 is 1.50 bits per heavy atom. The van der Waals surface area contributed by atoms with Gasteiger partial charge in [-0.3, -0.25) is 0 Å². The van der Waals surface area contributed by atoms with Crippen LogP contribution in [0.2, 0.25) is 0 Å². The lowest BCUT2D eigenvalue weighted by atomic mass is 10.0. The van der Waals surface area contributed by atoms with Crippen LogP contribution in [-0.2, 0) is 6.18 Å². The van der Waals surface area contributed by atoms with Gasteiger partial charge in [0, 0.05) is 11.7 Å². The zero-order valence-electron chi connectivity index (χ0n) is 11.3. The van der Waals surface area contributed by atoms with E-state index in [-0.39, 0.29) is 6.04 Å². The van der Waals surface area contributed by atoms with Gasteiger partial charge in [-0.05, 0) is 49.2 Å². The van der Waals surface area contributed by atoms with Crippen molar-refractivity contribution in [3.63, 3.8) is 0 Å². The molecule has 0 unspecified atom stereocenters. The first-order chi connectivity index (χ1) is 9.36. The molecule has 0 saturated heterocycles. The zero-order valence-corrected chi connectivity index (χ0v) is 11.3. The second kappa shape index (κ2) is 5.57. The molecular weight excluding hydrogens is 263 g/mol. The quantitative estimate of drug-likeness (QED) is 0.815. The highest BCUT2D eigenvalue weighted by atomic mass is 19.4. The molecular formula is C16H16F3N. The van der Waals surface area contributed by atoms with Crippen LogP contribution in [0.25, 0.3) is 11.1 Å². The molecule has 0 heterocycles. The van der Waals surface area contributed by atoms with Crippen LogP contribution < -0.4 is 5.32 Å². The molecule has 20 heavy (non-hydrogen) atoms. The number of hydrogen-bond acceptors (Lipinski definition) is 1. The summed E-state index contributed by atoms with van der Waals surface area (Å²) in [7, 11) is 0. The molecule has 0 aliphatic heterocycles. The maximum Gasteiger partial charge on any atom is 0.416 e. The van der Waals surface area contributed by atoms with Crippen molar-refractivity contribution in [3.8, 4) is 11.1 Å². The number of hydrogen-bond donors (Lipinski definition) is 1. The molecule has 0 bridgehead atoms. The number of anilines is 1. The van der Waals surface area contributed by atoms with Crippen LogP contribution in [0.4, 0.5) is 18.9 Å². The fraction of sp³-hybridized carbons (Fsp3) is 0.250. The Labute approximate surface area is 116 Å². The van der Waals surface area contributed by atoms with E-state index < -0.39 is 11.7 Å². The number of rotatable bonds is 3. The Kier molecular flexibility index (Phi) is 4.02. The molecule has 0 saturated carbocycles. The minimum Gasteiger partial charge on any atom is -0.383 e. The molecule has 0 atom stereocenters. The van der Waals surface area contributed by atoms with E-state index in [0.29, 0.717) is 5.56 Å². The molecule has 4 heteroatoms. The fourth-order valence-corrected chi connectivity index (χ4v) is 2.00. The van der Waals surface area contributed by atoms with E-state index in [1.165, 1.54) is 12.1 Å². The van der Waals surface area contributed by atoms with Crippen LogP contribution >= 0.6 is 0 Å². The monoisotopic (exact) mass is 279 g/mol. The van der Waals surface area contributed by atoms with Crippen molar-refractivity contribution < 1.29 is 13.2 Å². The van der Waals surface area contributed by atoms with Gasteiger partial charge < -0.3 is 5.32 Å². The van der Waals surface area contributed by atoms with Gasteiger partial charge in [-0.25, -0.2) is 0 Å². The number of halogens is 3. The van der Waals surface area contributed by atoms with Gasteiger partial charge in [-0.2, -0.15) is 13.2 Å². The van der Waals surface area contributed by atoms with Gasteiger partial charge in [0.25, 0.3) is 0 Å². The molecule has 2 aromatic carbocycles. The zero-order chi connectivity index (χ0) is 14.8. The molecule has 106 valence electrons. The number of nitrogens with one attached hydrogen (secondary N) is 1. The van der Waals surface area contributed by atoms with E-state index in [4.69, 9.17) is 0 Å². The maximum absolute atomic E-state index is 12.7. The maximum atomic E-state index is 12.7. The van der Waals surface area contributed by atoms with Crippen LogP contribution in [0.3, 0.4) is 0 Å². The van der Waals surface area contributed by atoms with E-state index in [1.807, 2.05) is 32.0 Å². The average Bonchev–Trinajstić information content (AvgIpc) is 2.37. The second-order valence-corrected chi connectivity index (χ2v) is 4.96. The molecule has 1 nitrogen and oxygen atoms in total. The third kappa shape index (κ3) is 3.53. The lowest BCUT2D eigenvalue weighted by Gasteiger charge is -2.12. The Hall–Kier alpha value is -1.97. The van der Waals surface area contributed by atoms with Gasteiger partial charge in [-0.15, -0.1) is 0 Å². The first kappa shape index (κ1) is 14.4. The summed E-state index contributed by atoms with van der Waals surface area (Å²) in [4.78, 5) is 0. The average molecular weight is 279 g/mol. The van der Waals surface area contributed by atoms with Crippen LogP contribution in [0.1, 0.15) is 19.4 Å². The van der Waals surface area contributed by atoms with Crippen molar-refractivity contribution in [2.45, 2.75) is 26.1 Å². The molecule has 0 aromatic heterocycles.